The van der Waals surface area contributed by atoms with Crippen molar-refractivity contribution in [2.45, 2.75) is 71.7 Å². The molecule has 3 amide bonds. The van der Waals surface area contributed by atoms with E-state index in [0.717, 1.165) is 47.6 Å². The highest BCUT2D eigenvalue weighted by Crippen LogP contribution is 2.28. The quantitative estimate of drug-likeness (QED) is 0.401. The fraction of sp³-hybridized carbons (Fsp3) is 0.571. The molecular weight excluding hydrogens is 538 g/mol. The maximum atomic E-state index is 13.7. The van der Waals surface area contributed by atoms with Gasteiger partial charge in [-0.1, -0.05) is 45.0 Å². The number of nitrogens with one attached hydrogen (secondary N) is 3. The van der Waals surface area contributed by atoms with Gasteiger partial charge in [0.05, 0.1) is 22.2 Å². The number of halogens is 1. The first kappa shape index (κ1) is 31.0. The Morgan fingerprint density at radius 1 is 1.15 bits per heavy atom. The van der Waals surface area contributed by atoms with Crippen molar-refractivity contribution in [1.29, 1.82) is 0 Å². The van der Waals surface area contributed by atoms with E-state index in [-0.39, 0.29) is 49.0 Å². The molecule has 11 heteroatoms. The summed E-state index contributed by atoms with van der Waals surface area (Å²) < 4.78 is 0. The first-order valence-electron chi connectivity index (χ1n) is 13.3. The molecule has 2 aromatic rings. The summed E-state index contributed by atoms with van der Waals surface area (Å²) in [7, 11) is 0. The van der Waals surface area contributed by atoms with Gasteiger partial charge in [0.25, 0.3) is 0 Å². The number of aliphatic hydroxyl groups excluding tert-OH is 1. The number of amides is 3. The zero-order valence-electron chi connectivity index (χ0n) is 23.0. The highest BCUT2D eigenvalue weighted by molar-refractivity contribution is 7.13. The molecule has 4 rings (SSSR count). The third kappa shape index (κ3) is 7.57. The second-order valence-electron chi connectivity index (χ2n) is 11.4. The molecule has 0 unspecified atom stereocenters. The van der Waals surface area contributed by atoms with Gasteiger partial charge >= 0.3 is 0 Å². The van der Waals surface area contributed by atoms with Crippen LogP contribution in [0.1, 0.15) is 51.3 Å². The topological polar surface area (TPSA) is 124 Å². The molecule has 39 heavy (non-hydrogen) atoms. The van der Waals surface area contributed by atoms with Crippen LogP contribution >= 0.6 is 23.7 Å². The molecule has 0 spiro atoms. The molecule has 0 aliphatic carbocycles. The van der Waals surface area contributed by atoms with Crippen molar-refractivity contribution in [1.82, 2.24) is 25.8 Å². The number of benzene rings is 1. The van der Waals surface area contributed by atoms with Gasteiger partial charge in [0.1, 0.15) is 12.1 Å². The molecular formula is C28H40ClN5O4S. The summed E-state index contributed by atoms with van der Waals surface area (Å²) in [4.78, 5) is 46.8. The zero-order chi connectivity index (χ0) is 27.4. The normalized spacial score (nSPS) is 20.7. The van der Waals surface area contributed by atoms with E-state index < -0.39 is 23.6 Å². The maximum absolute atomic E-state index is 13.7. The van der Waals surface area contributed by atoms with E-state index in [2.05, 4.69) is 20.9 Å². The Morgan fingerprint density at radius 3 is 2.41 bits per heavy atom. The number of likely N-dealkylation sites (tertiary alicyclic amines) is 1. The molecule has 0 saturated carbocycles. The molecule has 2 fully saturated rings. The van der Waals surface area contributed by atoms with Crippen LogP contribution in [-0.4, -0.2) is 70.5 Å². The first-order chi connectivity index (χ1) is 18.0. The monoisotopic (exact) mass is 577 g/mol. The predicted octanol–water partition coefficient (Wildman–Crippen LogP) is 2.65. The van der Waals surface area contributed by atoms with Crippen molar-refractivity contribution in [3.63, 3.8) is 0 Å². The van der Waals surface area contributed by atoms with Crippen LogP contribution in [0.3, 0.4) is 0 Å². The standard InChI is InChI=1S/C28H39N5O4S.ClH/c1-17-23(38-16-31-17)19-7-5-18(6-8-19)14-30-26(36)22-13-21(34)15-33(22)27(37)24(28(2,3)4)32-25(35)20-9-11-29-12-10-20;/h5-8,16,20-22,24,29,34H,9-15H2,1-4H3,(H,30,36)(H,32,35);1H/t21-,22+,24-;/m1./s1. The molecule has 0 bridgehead atoms. The summed E-state index contributed by atoms with van der Waals surface area (Å²) in [6.45, 7) is 9.61. The highest BCUT2D eigenvalue weighted by Gasteiger charge is 2.44. The van der Waals surface area contributed by atoms with Gasteiger partial charge in [0, 0.05) is 25.4 Å². The van der Waals surface area contributed by atoms with Gasteiger partial charge in [-0.05, 0) is 49.4 Å². The maximum Gasteiger partial charge on any atom is 0.246 e. The highest BCUT2D eigenvalue weighted by atomic mass is 35.5. The van der Waals surface area contributed by atoms with E-state index in [1.54, 1.807) is 11.3 Å². The van der Waals surface area contributed by atoms with Crippen molar-refractivity contribution >= 4 is 41.5 Å². The van der Waals surface area contributed by atoms with Gasteiger partial charge in [0.15, 0.2) is 0 Å². The Morgan fingerprint density at radius 2 is 1.82 bits per heavy atom. The molecule has 214 valence electrons. The van der Waals surface area contributed by atoms with Gasteiger partial charge in [-0.25, -0.2) is 4.98 Å². The van der Waals surface area contributed by atoms with E-state index in [1.807, 2.05) is 57.5 Å². The summed E-state index contributed by atoms with van der Waals surface area (Å²) in [5.74, 6) is -0.906. The fourth-order valence-corrected chi connectivity index (χ4v) is 5.94. The lowest BCUT2D eigenvalue weighted by Gasteiger charge is -2.36. The summed E-state index contributed by atoms with van der Waals surface area (Å²) in [5.41, 5.74) is 4.26. The van der Waals surface area contributed by atoms with E-state index in [4.69, 9.17) is 0 Å². The molecule has 9 nitrogen and oxygen atoms in total. The SMILES string of the molecule is Cc1ncsc1-c1ccc(CNC(=O)[C@@H]2C[C@@H](O)CN2C(=O)[C@@H](NC(=O)C2CCNCC2)C(C)(C)C)cc1.Cl. The summed E-state index contributed by atoms with van der Waals surface area (Å²) in [5, 5.41) is 19.6. The van der Waals surface area contributed by atoms with E-state index in [1.165, 1.54) is 4.90 Å². The Bertz CT molecular complexity index is 1140. The number of aryl methyl sites for hydroxylation is 1. The third-order valence-corrected chi connectivity index (χ3v) is 8.38. The Kier molecular flexibility index (Phi) is 10.5. The lowest BCUT2D eigenvalue weighted by molar-refractivity contribution is -0.144. The average Bonchev–Trinajstić information content (AvgIpc) is 3.50. The Labute approximate surface area is 240 Å². The average molecular weight is 578 g/mol. The summed E-state index contributed by atoms with van der Waals surface area (Å²) in [6.07, 6.45) is 0.835. The molecule has 1 aromatic heterocycles. The smallest absolute Gasteiger partial charge is 0.246 e. The minimum Gasteiger partial charge on any atom is -0.391 e. The number of β-amino-alcohol motifs (C(OH)–C–C–N with tert-alkyl or cyclic N) is 1. The minimum atomic E-state index is -0.798. The molecule has 4 N–H and O–H groups in total. The van der Waals surface area contributed by atoms with Crippen LogP contribution in [0.4, 0.5) is 0 Å². The second-order valence-corrected chi connectivity index (χ2v) is 12.3. The number of aromatic nitrogens is 1. The molecule has 2 aliphatic heterocycles. The Balaban J connectivity index is 0.00000420. The molecule has 3 atom stereocenters. The van der Waals surface area contributed by atoms with E-state index in [0.29, 0.717) is 6.54 Å². The van der Waals surface area contributed by atoms with Crippen LogP contribution in [0, 0.1) is 18.3 Å². The molecule has 2 saturated heterocycles. The number of carbonyl (C=O) groups is 3. The van der Waals surface area contributed by atoms with Crippen molar-refractivity contribution in [2.75, 3.05) is 19.6 Å². The number of carbonyl (C=O) groups excluding carboxylic acids is 3. The Hall–Kier alpha value is -2.53. The van der Waals surface area contributed by atoms with Crippen molar-refractivity contribution in [3.05, 3.63) is 41.0 Å². The van der Waals surface area contributed by atoms with Gasteiger partial charge in [-0.2, -0.15) is 0 Å². The van der Waals surface area contributed by atoms with Crippen molar-refractivity contribution in [3.8, 4) is 10.4 Å². The van der Waals surface area contributed by atoms with Gasteiger partial charge < -0.3 is 26.0 Å². The predicted molar refractivity (Wildman–Crippen MR) is 154 cm³/mol. The number of piperidine rings is 1. The van der Waals surface area contributed by atoms with Crippen LogP contribution in [-0.2, 0) is 20.9 Å². The van der Waals surface area contributed by atoms with Crippen LogP contribution in [0.2, 0.25) is 0 Å². The molecule has 1 aromatic carbocycles. The third-order valence-electron chi connectivity index (χ3n) is 7.40. The van der Waals surface area contributed by atoms with Gasteiger partial charge in [-0.15, -0.1) is 23.7 Å². The van der Waals surface area contributed by atoms with Crippen LogP contribution in [0.5, 0.6) is 0 Å². The number of nitrogens with zero attached hydrogens (tertiary/aromatic N) is 2. The van der Waals surface area contributed by atoms with E-state index in [9.17, 15) is 19.5 Å². The first-order valence-corrected chi connectivity index (χ1v) is 14.2. The number of aliphatic hydroxyl groups is 1. The minimum absolute atomic E-state index is 0. The van der Waals surface area contributed by atoms with Crippen LogP contribution < -0.4 is 16.0 Å². The number of hydrogen-bond acceptors (Lipinski definition) is 7. The lowest BCUT2D eigenvalue weighted by Crippen LogP contribution is -2.58. The van der Waals surface area contributed by atoms with Gasteiger partial charge in [-0.3, -0.25) is 14.4 Å². The second kappa shape index (κ2) is 13.2. The van der Waals surface area contributed by atoms with Crippen LogP contribution in [0.15, 0.2) is 29.8 Å². The van der Waals surface area contributed by atoms with Gasteiger partial charge in [0.2, 0.25) is 17.7 Å². The fourth-order valence-electron chi connectivity index (χ4n) is 5.12. The van der Waals surface area contributed by atoms with Crippen LogP contribution in [0.25, 0.3) is 10.4 Å². The molecule has 2 aliphatic rings. The zero-order valence-corrected chi connectivity index (χ0v) is 24.7. The number of rotatable bonds is 7. The molecule has 0 radical (unpaired) electrons. The summed E-state index contributed by atoms with van der Waals surface area (Å²) >= 11 is 1.59. The summed E-state index contributed by atoms with van der Waals surface area (Å²) in [6, 6.07) is 6.36. The number of thiazole rings is 1. The van der Waals surface area contributed by atoms with Crippen molar-refractivity contribution < 1.29 is 19.5 Å². The van der Waals surface area contributed by atoms with Crippen molar-refractivity contribution in [2.24, 2.45) is 11.3 Å². The molecule has 3 heterocycles. The lowest BCUT2D eigenvalue weighted by atomic mass is 9.84. The largest absolute Gasteiger partial charge is 0.391 e. The van der Waals surface area contributed by atoms with E-state index >= 15 is 0 Å². The number of hydrogen-bond donors (Lipinski definition) is 4.